The second-order valence-corrected chi connectivity index (χ2v) is 6.46. The zero-order valence-electron chi connectivity index (χ0n) is 9.27. The third-order valence-electron chi connectivity index (χ3n) is 2.18. The molecular weight excluding hydrogens is 331 g/mol. The minimum absolute atomic E-state index is 0.0106. The van der Waals surface area contributed by atoms with E-state index in [0.717, 1.165) is 0 Å². The second-order valence-electron chi connectivity index (χ2n) is 3.54. The zero-order chi connectivity index (χ0) is 14.0. The third-order valence-corrected chi connectivity index (χ3v) is 4.32. The molecule has 0 aliphatic carbocycles. The third kappa shape index (κ3) is 3.51. The van der Waals surface area contributed by atoms with E-state index in [1.165, 1.54) is 30.5 Å². The summed E-state index contributed by atoms with van der Waals surface area (Å²) in [6, 6.07) is 7.05. The molecule has 2 rings (SSSR count). The summed E-state index contributed by atoms with van der Waals surface area (Å²) in [5.74, 6) is 0. The number of nitrogens with one attached hydrogen (secondary N) is 1. The van der Waals surface area contributed by atoms with Crippen LogP contribution in [0.4, 0.5) is 5.69 Å². The molecule has 0 saturated carbocycles. The molecule has 0 bridgehead atoms. The molecule has 0 unspecified atom stereocenters. The highest BCUT2D eigenvalue weighted by atomic mass is 35.5. The van der Waals surface area contributed by atoms with Crippen LogP contribution >= 0.6 is 34.8 Å². The summed E-state index contributed by atoms with van der Waals surface area (Å²) in [6.07, 6.45) is 1.30. The Morgan fingerprint density at radius 1 is 1.05 bits per heavy atom. The number of anilines is 1. The smallest absolute Gasteiger partial charge is 0.262 e. The van der Waals surface area contributed by atoms with E-state index in [2.05, 4.69) is 9.71 Å². The molecule has 0 atom stereocenters. The van der Waals surface area contributed by atoms with Gasteiger partial charge in [0.05, 0.1) is 15.6 Å². The van der Waals surface area contributed by atoms with Gasteiger partial charge in [-0.3, -0.25) is 4.72 Å². The van der Waals surface area contributed by atoms with E-state index in [1.54, 1.807) is 6.07 Å². The van der Waals surface area contributed by atoms with Gasteiger partial charge in [-0.25, -0.2) is 13.4 Å². The number of pyridine rings is 1. The van der Waals surface area contributed by atoms with Crippen molar-refractivity contribution in [3.63, 3.8) is 0 Å². The first kappa shape index (κ1) is 14.4. The Morgan fingerprint density at radius 2 is 1.79 bits per heavy atom. The molecule has 1 aromatic carbocycles. The van der Waals surface area contributed by atoms with E-state index >= 15 is 0 Å². The van der Waals surface area contributed by atoms with Crippen LogP contribution in [0.25, 0.3) is 0 Å². The van der Waals surface area contributed by atoms with Crippen molar-refractivity contribution < 1.29 is 8.42 Å². The second kappa shape index (κ2) is 5.54. The number of hydrogen-bond donors (Lipinski definition) is 1. The van der Waals surface area contributed by atoms with E-state index in [-0.39, 0.29) is 20.8 Å². The van der Waals surface area contributed by atoms with Gasteiger partial charge in [-0.15, -0.1) is 0 Å². The molecule has 1 N–H and O–H groups in total. The molecule has 19 heavy (non-hydrogen) atoms. The fourth-order valence-corrected chi connectivity index (χ4v) is 3.05. The maximum Gasteiger partial charge on any atom is 0.262 e. The molecule has 8 heteroatoms. The molecule has 0 aliphatic rings. The Balaban J connectivity index is 2.39. The average Bonchev–Trinajstić information content (AvgIpc) is 2.33. The molecule has 0 radical (unpaired) electrons. The number of nitrogens with zero attached hydrogens (tertiary/aromatic N) is 1. The highest BCUT2D eigenvalue weighted by Gasteiger charge is 2.16. The predicted octanol–water partition coefficient (Wildman–Crippen LogP) is 3.84. The van der Waals surface area contributed by atoms with Crippen LogP contribution in [0.1, 0.15) is 0 Å². The summed E-state index contributed by atoms with van der Waals surface area (Å²) in [5.41, 5.74) is 0.196. The van der Waals surface area contributed by atoms with E-state index < -0.39 is 10.0 Å². The minimum atomic E-state index is -3.79. The molecular formula is C11H7Cl3N2O2S. The minimum Gasteiger partial charge on any atom is -0.278 e. The molecule has 0 spiro atoms. The Morgan fingerprint density at radius 3 is 2.47 bits per heavy atom. The monoisotopic (exact) mass is 336 g/mol. The van der Waals surface area contributed by atoms with Crippen molar-refractivity contribution in [2.75, 3.05) is 4.72 Å². The van der Waals surface area contributed by atoms with Crippen molar-refractivity contribution in [1.29, 1.82) is 0 Å². The number of rotatable bonds is 3. The summed E-state index contributed by atoms with van der Waals surface area (Å²) in [7, 11) is -3.79. The topological polar surface area (TPSA) is 59.1 Å². The van der Waals surface area contributed by atoms with Crippen LogP contribution in [-0.2, 0) is 10.0 Å². The van der Waals surface area contributed by atoms with Crippen molar-refractivity contribution in [3.8, 4) is 0 Å². The molecule has 0 saturated heterocycles. The molecule has 100 valence electrons. The van der Waals surface area contributed by atoms with Gasteiger partial charge in [-0.2, -0.15) is 0 Å². The van der Waals surface area contributed by atoms with Crippen LogP contribution in [0.5, 0.6) is 0 Å². The van der Waals surface area contributed by atoms with Crippen LogP contribution in [0, 0.1) is 0 Å². The normalized spacial score (nSPS) is 11.3. The van der Waals surface area contributed by atoms with Crippen LogP contribution in [0.3, 0.4) is 0 Å². The maximum atomic E-state index is 12.1. The summed E-state index contributed by atoms with van der Waals surface area (Å²) in [4.78, 5) is 3.71. The van der Waals surface area contributed by atoms with Crippen molar-refractivity contribution in [3.05, 3.63) is 51.7 Å². The number of sulfonamides is 1. The Bertz CT molecular complexity index is 720. The van der Waals surface area contributed by atoms with Crippen molar-refractivity contribution >= 4 is 50.5 Å². The molecule has 4 nitrogen and oxygen atoms in total. The first-order valence-corrected chi connectivity index (χ1v) is 7.59. The van der Waals surface area contributed by atoms with Crippen LogP contribution in [-0.4, -0.2) is 13.4 Å². The first-order chi connectivity index (χ1) is 8.88. The van der Waals surface area contributed by atoms with Crippen molar-refractivity contribution in [1.82, 2.24) is 4.98 Å². The lowest BCUT2D eigenvalue weighted by Crippen LogP contribution is -2.13. The first-order valence-electron chi connectivity index (χ1n) is 4.98. The maximum absolute atomic E-state index is 12.1. The Hall–Kier alpha value is -1.01. The summed E-state index contributed by atoms with van der Waals surface area (Å²) in [5, 5.41) is 0.697. The van der Waals surface area contributed by atoms with Crippen LogP contribution in [0.2, 0.25) is 15.2 Å². The lowest BCUT2D eigenvalue weighted by molar-refractivity contribution is 0.601. The largest absolute Gasteiger partial charge is 0.278 e. The van der Waals surface area contributed by atoms with Gasteiger partial charge in [0.1, 0.15) is 5.15 Å². The molecule has 1 heterocycles. The molecule has 0 aliphatic heterocycles. The fraction of sp³-hybridized carbons (Fsp3) is 0. The van der Waals surface area contributed by atoms with Gasteiger partial charge in [0.15, 0.2) is 0 Å². The SMILES string of the molecule is O=S(=O)(Nc1cc(Cl)ccc1Cl)c1ccnc(Cl)c1. The predicted molar refractivity (Wildman–Crippen MR) is 76.5 cm³/mol. The van der Waals surface area contributed by atoms with Gasteiger partial charge < -0.3 is 0 Å². The van der Waals surface area contributed by atoms with Gasteiger partial charge in [0, 0.05) is 11.2 Å². The standard InChI is InChI=1S/C11H7Cl3N2O2S/c12-7-1-2-9(13)10(5-7)16-19(17,18)8-3-4-15-11(14)6-8/h1-6,16H. The number of halogens is 3. The molecule has 0 fully saturated rings. The van der Waals surface area contributed by atoms with E-state index in [4.69, 9.17) is 34.8 Å². The Labute approximate surface area is 125 Å². The summed E-state index contributed by atoms with van der Waals surface area (Å²) >= 11 is 17.3. The van der Waals surface area contributed by atoms with Gasteiger partial charge >= 0.3 is 0 Å². The lowest BCUT2D eigenvalue weighted by Gasteiger charge is -2.10. The van der Waals surface area contributed by atoms with E-state index in [1.807, 2.05) is 0 Å². The molecule has 1 aromatic heterocycles. The van der Waals surface area contributed by atoms with Gasteiger partial charge in [0.2, 0.25) is 0 Å². The van der Waals surface area contributed by atoms with Gasteiger partial charge in [-0.1, -0.05) is 34.8 Å². The van der Waals surface area contributed by atoms with Crippen molar-refractivity contribution in [2.24, 2.45) is 0 Å². The van der Waals surface area contributed by atoms with Crippen LogP contribution in [0.15, 0.2) is 41.4 Å². The quantitative estimate of drug-likeness (QED) is 0.866. The van der Waals surface area contributed by atoms with Crippen molar-refractivity contribution in [2.45, 2.75) is 4.90 Å². The van der Waals surface area contributed by atoms with Crippen LogP contribution < -0.4 is 4.72 Å². The fourth-order valence-electron chi connectivity index (χ4n) is 1.33. The van der Waals surface area contributed by atoms with E-state index in [0.29, 0.717) is 5.02 Å². The molecule has 2 aromatic rings. The summed E-state index contributed by atoms with van der Waals surface area (Å²) in [6.45, 7) is 0. The highest BCUT2D eigenvalue weighted by molar-refractivity contribution is 7.92. The van der Waals surface area contributed by atoms with Gasteiger partial charge in [0.25, 0.3) is 10.0 Å². The Kier molecular flexibility index (Phi) is 4.20. The van der Waals surface area contributed by atoms with Gasteiger partial charge in [-0.05, 0) is 30.3 Å². The lowest BCUT2D eigenvalue weighted by atomic mass is 10.3. The highest BCUT2D eigenvalue weighted by Crippen LogP contribution is 2.27. The number of aromatic nitrogens is 1. The van der Waals surface area contributed by atoms with E-state index in [9.17, 15) is 8.42 Å². The number of benzene rings is 1. The summed E-state index contributed by atoms with van der Waals surface area (Å²) < 4.78 is 26.6. The zero-order valence-corrected chi connectivity index (χ0v) is 12.4. The molecule has 0 amide bonds. The average molecular weight is 338 g/mol. The number of hydrogen-bond acceptors (Lipinski definition) is 3.